The number of rotatable bonds is 2. The summed E-state index contributed by atoms with van der Waals surface area (Å²) < 4.78 is 0. The summed E-state index contributed by atoms with van der Waals surface area (Å²) >= 11 is 0. The SMILES string of the molecule is Cc1ccc(N2C(=O)CC(N3C(=O)CCC3=O)C2=O)cc1C. The van der Waals surface area contributed by atoms with E-state index in [-0.39, 0.29) is 37.0 Å². The standard InChI is InChI=1S/C16H16N2O4/c1-9-3-4-11(7-10(9)2)17-15(21)8-12(16(17)22)18-13(19)5-6-14(18)20/h3-4,7,12H,5-6,8H2,1-2H3. The molecule has 1 atom stereocenters. The van der Waals surface area contributed by atoms with E-state index in [1.807, 2.05) is 19.9 Å². The van der Waals surface area contributed by atoms with Crippen LogP contribution in [-0.2, 0) is 19.2 Å². The van der Waals surface area contributed by atoms with Crippen LogP contribution in [0.5, 0.6) is 0 Å². The van der Waals surface area contributed by atoms with Gasteiger partial charge in [-0.3, -0.25) is 24.1 Å². The summed E-state index contributed by atoms with van der Waals surface area (Å²) in [6.07, 6.45) is 0.0874. The quantitative estimate of drug-likeness (QED) is 0.766. The minimum absolute atomic E-state index is 0.112. The molecule has 0 radical (unpaired) electrons. The highest BCUT2D eigenvalue weighted by Crippen LogP contribution is 2.29. The first-order valence-electron chi connectivity index (χ1n) is 7.19. The Kier molecular flexibility index (Phi) is 3.31. The summed E-state index contributed by atoms with van der Waals surface area (Å²) in [6.45, 7) is 3.84. The molecule has 1 unspecified atom stereocenters. The lowest BCUT2D eigenvalue weighted by atomic mass is 10.1. The maximum Gasteiger partial charge on any atom is 0.257 e. The highest BCUT2D eigenvalue weighted by atomic mass is 16.2. The number of imide groups is 2. The molecular weight excluding hydrogens is 284 g/mol. The van der Waals surface area contributed by atoms with Crippen molar-refractivity contribution in [3.8, 4) is 0 Å². The zero-order valence-electron chi connectivity index (χ0n) is 12.5. The van der Waals surface area contributed by atoms with Crippen molar-refractivity contribution in [1.29, 1.82) is 0 Å². The van der Waals surface area contributed by atoms with Gasteiger partial charge in [0.1, 0.15) is 6.04 Å². The molecule has 0 saturated carbocycles. The molecule has 2 heterocycles. The Morgan fingerprint density at radius 2 is 1.55 bits per heavy atom. The van der Waals surface area contributed by atoms with E-state index in [1.165, 1.54) is 0 Å². The molecule has 2 aliphatic heterocycles. The van der Waals surface area contributed by atoms with Crippen molar-refractivity contribution in [2.75, 3.05) is 4.90 Å². The predicted octanol–water partition coefficient (Wildman–Crippen LogP) is 1.08. The zero-order chi connectivity index (χ0) is 16.0. The molecule has 0 bridgehead atoms. The fourth-order valence-electron chi connectivity index (χ4n) is 2.90. The van der Waals surface area contributed by atoms with Crippen LogP contribution < -0.4 is 4.90 Å². The summed E-state index contributed by atoms with van der Waals surface area (Å²) in [5.41, 5.74) is 2.51. The van der Waals surface area contributed by atoms with Gasteiger partial charge >= 0.3 is 0 Å². The third-order valence-corrected chi connectivity index (χ3v) is 4.27. The van der Waals surface area contributed by atoms with E-state index in [4.69, 9.17) is 0 Å². The molecule has 0 spiro atoms. The summed E-state index contributed by atoms with van der Waals surface area (Å²) in [4.78, 5) is 50.4. The highest BCUT2D eigenvalue weighted by Gasteiger charge is 2.48. The third kappa shape index (κ3) is 2.11. The molecule has 6 nitrogen and oxygen atoms in total. The second-order valence-electron chi connectivity index (χ2n) is 5.71. The molecule has 22 heavy (non-hydrogen) atoms. The van der Waals surface area contributed by atoms with E-state index in [1.54, 1.807) is 12.1 Å². The minimum atomic E-state index is -0.989. The van der Waals surface area contributed by atoms with Crippen molar-refractivity contribution in [2.45, 2.75) is 39.2 Å². The predicted molar refractivity (Wildman–Crippen MR) is 77.9 cm³/mol. The van der Waals surface area contributed by atoms with Gasteiger partial charge in [-0.05, 0) is 37.1 Å². The molecule has 3 rings (SSSR count). The average molecular weight is 300 g/mol. The van der Waals surface area contributed by atoms with Gasteiger partial charge in [0.05, 0.1) is 12.1 Å². The van der Waals surface area contributed by atoms with Gasteiger partial charge in [-0.15, -0.1) is 0 Å². The zero-order valence-corrected chi connectivity index (χ0v) is 12.5. The van der Waals surface area contributed by atoms with Crippen LogP contribution in [0.25, 0.3) is 0 Å². The van der Waals surface area contributed by atoms with Gasteiger partial charge < -0.3 is 0 Å². The van der Waals surface area contributed by atoms with Crippen molar-refractivity contribution in [3.63, 3.8) is 0 Å². The Bertz CT molecular complexity index is 694. The van der Waals surface area contributed by atoms with Crippen molar-refractivity contribution >= 4 is 29.3 Å². The van der Waals surface area contributed by atoms with E-state index >= 15 is 0 Å². The van der Waals surface area contributed by atoms with E-state index in [2.05, 4.69) is 0 Å². The Hall–Kier alpha value is -2.50. The number of aryl methyl sites for hydroxylation is 2. The van der Waals surface area contributed by atoms with Crippen LogP contribution in [0, 0.1) is 13.8 Å². The highest BCUT2D eigenvalue weighted by molar-refractivity contribution is 6.24. The van der Waals surface area contributed by atoms with E-state index in [0.29, 0.717) is 5.69 Å². The van der Waals surface area contributed by atoms with Crippen LogP contribution in [0.4, 0.5) is 5.69 Å². The molecule has 0 aromatic heterocycles. The van der Waals surface area contributed by atoms with E-state index < -0.39 is 11.9 Å². The van der Waals surface area contributed by atoms with Crippen LogP contribution in [0.3, 0.4) is 0 Å². The Labute approximate surface area is 127 Å². The average Bonchev–Trinajstić information content (AvgIpc) is 2.93. The van der Waals surface area contributed by atoms with Crippen molar-refractivity contribution in [2.24, 2.45) is 0 Å². The number of amides is 4. The van der Waals surface area contributed by atoms with Gasteiger partial charge in [-0.2, -0.15) is 0 Å². The lowest BCUT2D eigenvalue weighted by Crippen LogP contribution is -2.44. The van der Waals surface area contributed by atoms with Gasteiger partial charge in [0.25, 0.3) is 5.91 Å². The topological polar surface area (TPSA) is 74.8 Å². The van der Waals surface area contributed by atoms with Crippen LogP contribution >= 0.6 is 0 Å². The first-order valence-corrected chi connectivity index (χ1v) is 7.19. The number of likely N-dealkylation sites (tertiary alicyclic amines) is 1. The van der Waals surface area contributed by atoms with Crippen LogP contribution in [-0.4, -0.2) is 34.6 Å². The molecule has 2 fully saturated rings. The molecule has 1 aromatic rings. The Morgan fingerprint density at radius 3 is 2.14 bits per heavy atom. The normalized spacial score (nSPS) is 22.2. The van der Waals surface area contributed by atoms with Crippen molar-refractivity contribution in [1.82, 2.24) is 4.90 Å². The second-order valence-corrected chi connectivity index (χ2v) is 5.71. The fourth-order valence-corrected chi connectivity index (χ4v) is 2.90. The Morgan fingerprint density at radius 1 is 0.909 bits per heavy atom. The summed E-state index contributed by atoms with van der Waals surface area (Å²) in [6, 6.07) is 4.32. The van der Waals surface area contributed by atoms with E-state index in [0.717, 1.165) is 20.9 Å². The van der Waals surface area contributed by atoms with Crippen molar-refractivity contribution < 1.29 is 19.2 Å². The van der Waals surface area contributed by atoms with Crippen molar-refractivity contribution in [3.05, 3.63) is 29.3 Å². The molecule has 6 heteroatoms. The van der Waals surface area contributed by atoms with Gasteiger partial charge in [-0.1, -0.05) is 6.07 Å². The molecule has 0 aliphatic carbocycles. The number of hydrogen-bond donors (Lipinski definition) is 0. The summed E-state index contributed by atoms with van der Waals surface area (Å²) in [7, 11) is 0. The third-order valence-electron chi connectivity index (χ3n) is 4.27. The fraction of sp³-hybridized carbons (Fsp3) is 0.375. The second kappa shape index (κ2) is 5.05. The summed E-state index contributed by atoms with van der Waals surface area (Å²) in [5.74, 6) is -1.64. The maximum atomic E-state index is 12.5. The van der Waals surface area contributed by atoms with Crippen LogP contribution in [0.1, 0.15) is 30.4 Å². The van der Waals surface area contributed by atoms with Gasteiger partial charge in [0.2, 0.25) is 17.7 Å². The molecule has 2 saturated heterocycles. The lowest BCUT2D eigenvalue weighted by Gasteiger charge is -2.21. The van der Waals surface area contributed by atoms with E-state index in [9.17, 15) is 19.2 Å². The van der Waals surface area contributed by atoms with Crippen LogP contribution in [0.2, 0.25) is 0 Å². The Balaban J connectivity index is 1.93. The number of hydrogen-bond acceptors (Lipinski definition) is 4. The number of anilines is 1. The van der Waals surface area contributed by atoms with Gasteiger partial charge in [0.15, 0.2) is 0 Å². The number of nitrogens with zero attached hydrogens (tertiary/aromatic N) is 2. The first-order chi connectivity index (χ1) is 10.4. The molecular formula is C16H16N2O4. The minimum Gasteiger partial charge on any atom is -0.274 e. The van der Waals surface area contributed by atoms with Gasteiger partial charge in [-0.25, -0.2) is 4.90 Å². The molecule has 2 aliphatic rings. The first kappa shape index (κ1) is 14.4. The molecule has 114 valence electrons. The maximum absolute atomic E-state index is 12.5. The smallest absolute Gasteiger partial charge is 0.257 e. The van der Waals surface area contributed by atoms with Crippen LogP contribution in [0.15, 0.2) is 18.2 Å². The number of benzene rings is 1. The number of carbonyl (C=O) groups is 4. The molecule has 1 aromatic carbocycles. The number of carbonyl (C=O) groups excluding carboxylic acids is 4. The molecule has 4 amide bonds. The monoisotopic (exact) mass is 300 g/mol. The lowest BCUT2D eigenvalue weighted by molar-refractivity contribution is -0.144. The van der Waals surface area contributed by atoms with Gasteiger partial charge in [0, 0.05) is 12.8 Å². The summed E-state index contributed by atoms with van der Waals surface area (Å²) in [5, 5.41) is 0. The molecule has 0 N–H and O–H groups in total. The largest absolute Gasteiger partial charge is 0.274 e.